The number of halogens is 1. The highest BCUT2D eigenvalue weighted by Gasteiger charge is 2.32. The average molecular weight is 541 g/mol. The van der Waals surface area contributed by atoms with E-state index in [4.69, 9.17) is 9.97 Å². The number of hydrogen-bond donors (Lipinski definition) is 3. The summed E-state index contributed by atoms with van der Waals surface area (Å²) in [6.07, 6.45) is 8.49. The van der Waals surface area contributed by atoms with Gasteiger partial charge in [0.2, 0.25) is 5.43 Å². The van der Waals surface area contributed by atoms with Gasteiger partial charge in [0.05, 0.1) is 16.8 Å². The average Bonchev–Trinajstić information content (AvgIpc) is 3.74. The molecule has 0 radical (unpaired) electrons. The zero-order valence-corrected chi connectivity index (χ0v) is 22.1. The molecule has 2 aliphatic heterocycles. The molecule has 4 aromatic rings. The molecule has 3 N–H and O–H groups in total. The summed E-state index contributed by atoms with van der Waals surface area (Å²) in [4.78, 5) is 37.3. The Bertz CT molecular complexity index is 1760. The Morgan fingerprint density at radius 2 is 1.98 bits per heavy atom. The smallest absolute Gasteiger partial charge is 0.341 e. The van der Waals surface area contributed by atoms with Crippen molar-refractivity contribution < 1.29 is 14.3 Å². The van der Waals surface area contributed by atoms with E-state index in [9.17, 15) is 19.1 Å². The van der Waals surface area contributed by atoms with E-state index >= 15 is 0 Å². The first kappa shape index (κ1) is 24.7. The number of carboxylic acids is 1. The topological polar surface area (TPSA) is 112 Å². The van der Waals surface area contributed by atoms with Crippen LogP contribution >= 0.6 is 0 Å². The summed E-state index contributed by atoms with van der Waals surface area (Å²) in [5.74, 6) is -1.57. The van der Waals surface area contributed by atoms with Crippen LogP contribution in [0.25, 0.3) is 33.3 Å². The van der Waals surface area contributed by atoms with Gasteiger partial charge in [-0.3, -0.25) is 9.78 Å². The van der Waals surface area contributed by atoms with Gasteiger partial charge >= 0.3 is 5.97 Å². The molecule has 1 aromatic carbocycles. The molecule has 7 rings (SSSR count). The van der Waals surface area contributed by atoms with E-state index in [0.29, 0.717) is 24.2 Å². The third-order valence-corrected chi connectivity index (χ3v) is 8.49. The fourth-order valence-corrected chi connectivity index (χ4v) is 6.57. The van der Waals surface area contributed by atoms with Crippen molar-refractivity contribution >= 4 is 28.4 Å². The number of benzene rings is 1. The predicted molar refractivity (Wildman–Crippen MR) is 152 cm³/mol. The lowest BCUT2D eigenvalue weighted by atomic mass is 9.97. The highest BCUT2D eigenvalue weighted by atomic mass is 19.1. The van der Waals surface area contributed by atoms with Gasteiger partial charge in [0.15, 0.2) is 0 Å². The second-order valence-electron chi connectivity index (χ2n) is 10.8. The summed E-state index contributed by atoms with van der Waals surface area (Å²) in [5, 5.41) is 16.5. The van der Waals surface area contributed by atoms with Crippen LogP contribution in [0.5, 0.6) is 0 Å². The van der Waals surface area contributed by atoms with E-state index in [1.165, 1.54) is 12.3 Å². The molecule has 2 fully saturated rings. The zero-order valence-electron chi connectivity index (χ0n) is 22.1. The largest absolute Gasteiger partial charge is 0.477 e. The quantitative estimate of drug-likeness (QED) is 0.306. The lowest BCUT2D eigenvalue weighted by Crippen LogP contribution is -2.23. The van der Waals surface area contributed by atoms with Crippen molar-refractivity contribution in [3.8, 4) is 22.3 Å². The van der Waals surface area contributed by atoms with Crippen LogP contribution in [0.2, 0.25) is 0 Å². The van der Waals surface area contributed by atoms with Gasteiger partial charge in [-0.1, -0.05) is 0 Å². The van der Waals surface area contributed by atoms with Crippen molar-refractivity contribution in [1.82, 2.24) is 19.9 Å². The molecule has 204 valence electrons. The lowest BCUT2D eigenvalue weighted by Gasteiger charge is -2.25. The van der Waals surface area contributed by atoms with E-state index in [2.05, 4.69) is 15.5 Å². The number of nitrogens with zero attached hydrogens (tertiary/aromatic N) is 4. The van der Waals surface area contributed by atoms with Crippen LogP contribution < -0.4 is 21.0 Å². The molecule has 5 heterocycles. The Labute approximate surface area is 229 Å². The molecule has 0 amide bonds. The van der Waals surface area contributed by atoms with Gasteiger partial charge in [-0.2, -0.15) is 0 Å². The van der Waals surface area contributed by atoms with E-state index in [1.54, 1.807) is 25.4 Å². The van der Waals surface area contributed by atoms with Crippen LogP contribution in [0.15, 0.2) is 41.6 Å². The molecule has 3 aromatic heterocycles. The Kier molecular flexibility index (Phi) is 5.81. The number of fused-ring (bicyclic) bond motifs is 4. The van der Waals surface area contributed by atoms with Crippen molar-refractivity contribution in [3.05, 3.63) is 69.7 Å². The minimum atomic E-state index is -1.26. The van der Waals surface area contributed by atoms with Gasteiger partial charge in [0.25, 0.3) is 0 Å². The number of hydrogen-bond acceptors (Lipinski definition) is 7. The van der Waals surface area contributed by atoms with E-state index in [0.717, 1.165) is 78.2 Å². The molecule has 0 bridgehead atoms. The number of aromatic carboxylic acids is 1. The lowest BCUT2D eigenvalue weighted by molar-refractivity contribution is 0.0694. The number of nitrogens with one attached hydrogen (secondary N) is 2. The Hall–Kier alpha value is -4.31. The van der Waals surface area contributed by atoms with Gasteiger partial charge in [-0.15, -0.1) is 0 Å². The maximum absolute atomic E-state index is 14.8. The summed E-state index contributed by atoms with van der Waals surface area (Å²) in [6, 6.07) is 4.85. The van der Waals surface area contributed by atoms with Crippen LogP contribution in [0.3, 0.4) is 0 Å². The molecule has 0 saturated carbocycles. The second kappa shape index (κ2) is 9.41. The molecule has 0 spiro atoms. The number of carbonyl (C=O) groups is 1. The highest BCUT2D eigenvalue weighted by Crippen LogP contribution is 2.49. The minimum Gasteiger partial charge on any atom is -0.477 e. The molecule has 3 aliphatic rings. The van der Waals surface area contributed by atoms with Gasteiger partial charge in [0, 0.05) is 80.1 Å². The number of aromatic nitrogens is 3. The van der Waals surface area contributed by atoms with Crippen LogP contribution in [-0.2, 0) is 6.42 Å². The van der Waals surface area contributed by atoms with Crippen molar-refractivity contribution in [3.63, 3.8) is 0 Å². The third-order valence-electron chi connectivity index (χ3n) is 8.49. The maximum Gasteiger partial charge on any atom is 0.341 e. The Morgan fingerprint density at radius 1 is 1.15 bits per heavy atom. The van der Waals surface area contributed by atoms with Gasteiger partial charge in [0.1, 0.15) is 17.0 Å². The van der Waals surface area contributed by atoms with E-state index < -0.39 is 11.4 Å². The Balaban J connectivity index is 1.48. The predicted octanol–water partition coefficient (Wildman–Crippen LogP) is 4.04. The first-order chi connectivity index (χ1) is 19.4. The number of anilines is 2. The SMILES string of the molecule is CNc1cc(F)cc2c1Cc1ncc(-c3cnc4c(c3)c(=O)c(C(=O)O)cn4C3CCNC3)c(N3CCCC3)c1-2. The fourth-order valence-electron chi connectivity index (χ4n) is 6.57. The summed E-state index contributed by atoms with van der Waals surface area (Å²) in [5.41, 5.74) is 6.48. The molecular weight excluding hydrogens is 511 g/mol. The third kappa shape index (κ3) is 3.77. The van der Waals surface area contributed by atoms with Crippen LogP contribution in [0.1, 0.15) is 46.9 Å². The zero-order chi connectivity index (χ0) is 27.5. The van der Waals surface area contributed by atoms with Crippen LogP contribution in [-0.4, -0.2) is 58.8 Å². The highest BCUT2D eigenvalue weighted by molar-refractivity contribution is 5.98. The molecule has 1 atom stereocenters. The molecule has 1 aliphatic carbocycles. The maximum atomic E-state index is 14.8. The number of pyridine rings is 3. The number of carboxylic acid groups (broad SMARTS) is 1. The molecule has 10 heteroatoms. The molecule has 1 unspecified atom stereocenters. The summed E-state index contributed by atoms with van der Waals surface area (Å²) < 4.78 is 16.6. The number of rotatable bonds is 5. The normalized spacial score (nSPS) is 17.9. The van der Waals surface area contributed by atoms with Gasteiger partial charge in [-0.25, -0.2) is 14.2 Å². The van der Waals surface area contributed by atoms with Crippen LogP contribution in [0.4, 0.5) is 15.8 Å². The van der Waals surface area contributed by atoms with Crippen molar-refractivity contribution in [1.29, 1.82) is 0 Å². The van der Waals surface area contributed by atoms with Crippen molar-refractivity contribution in [2.45, 2.75) is 31.7 Å². The van der Waals surface area contributed by atoms with E-state index in [1.807, 2.05) is 10.8 Å². The van der Waals surface area contributed by atoms with Gasteiger partial charge < -0.3 is 25.2 Å². The molecule has 2 saturated heterocycles. The van der Waals surface area contributed by atoms with Crippen molar-refractivity contribution in [2.24, 2.45) is 0 Å². The summed E-state index contributed by atoms with van der Waals surface area (Å²) in [7, 11) is 1.79. The van der Waals surface area contributed by atoms with Gasteiger partial charge in [-0.05, 0) is 55.1 Å². The molecule has 9 nitrogen and oxygen atoms in total. The first-order valence-electron chi connectivity index (χ1n) is 13.7. The molecule has 40 heavy (non-hydrogen) atoms. The van der Waals surface area contributed by atoms with E-state index in [-0.39, 0.29) is 22.8 Å². The fraction of sp³-hybridized carbons (Fsp3) is 0.333. The standard InChI is InChI=1S/C30H29FN6O3/c1-32-24-10-17(31)9-20-19(24)11-25-26(20)27(36-6-2-3-7-36)22(14-34-25)16-8-21-28(38)23(30(39)40)15-37(29(21)35-12-16)18-4-5-33-13-18/h8-10,12,14-15,18,32-33H,2-7,11,13H2,1H3,(H,39,40). The summed E-state index contributed by atoms with van der Waals surface area (Å²) in [6.45, 7) is 3.21. The second-order valence-corrected chi connectivity index (χ2v) is 10.8. The molecular formula is C30H29FN6O3. The Morgan fingerprint density at radius 3 is 2.70 bits per heavy atom. The van der Waals surface area contributed by atoms with Crippen LogP contribution in [0, 0.1) is 5.82 Å². The summed E-state index contributed by atoms with van der Waals surface area (Å²) >= 11 is 0. The minimum absolute atomic E-state index is 0.00846. The van der Waals surface area contributed by atoms with Crippen molar-refractivity contribution in [2.75, 3.05) is 43.4 Å². The monoisotopic (exact) mass is 540 g/mol. The first-order valence-corrected chi connectivity index (χ1v) is 13.7.